The SMILES string of the molecule is [2H]C([2H])(NC(=[18O])C(C)C)C(=[18O])C(C)C. The number of carbonyl (C=O) groups excluding carboxylic acids is 2. The van der Waals surface area contributed by atoms with E-state index in [1.807, 2.05) is 0 Å². The lowest BCUT2D eigenvalue weighted by molar-refractivity contribution is -0.128. The van der Waals surface area contributed by atoms with Gasteiger partial charge in [-0.3, -0.25) is 9.59 Å². The molecule has 0 fully saturated rings. The molecule has 0 saturated heterocycles. The van der Waals surface area contributed by atoms with E-state index in [-0.39, 0.29) is 5.92 Å². The van der Waals surface area contributed by atoms with Gasteiger partial charge in [0.2, 0.25) is 5.91 Å². The van der Waals surface area contributed by atoms with Crippen LogP contribution in [0.2, 0.25) is 0 Å². The van der Waals surface area contributed by atoms with Crippen molar-refractivity contribution in [3.05, 3.63) is 0 Å². The largest absolute Gasteiger partial charge is 0.349 e. The number of Topliss-reactive ketones (excluding diaryl/α,β-unsaturated/α-hetero) is 1. The Balaban J connectivity index is 4.49. The zero-order chi connectivity index (χ0) is 11.5. The Morgan fingerprint density at radius 3 is 2.08 bits per heavy atom. The molecule has 0 aromatic carbocycles. The average molecular weight is 177 g/mol. The molecule has 0 aliphatic heterocycles. The summed E-state index contributed by atoms with van der Waals surface area (Å²) in [7, 11) is 0. The minimum atomic E-state index is -2.25. The standard InChI is InChI=1S/C9H17NO2/c1-6(2)8(11)5-10-9(12)7(3)4/h6-7H,5H2,1-4H3,(H,10,12)/i5D2,11+2,12+2. The number of hydrogen-bond acceptors (Lipinski definition) is 2. The van der Waals surface area contributed by atoms with Crippen molar-refractivity contribution in [2.75, 3.05) is 6.50 Å². The van der Waals surface area contributed by atoms with Crippen LogP contribution >= 0.6 is 0 Å². The number of ketones is 1. The summed E-state index contributed by atoms with van der Waals surface area (Å²) in [6.07, 6.45) is 0. The van der Waals surface area contributed by atoms with Crippen molar-refractivity contribution in [1.29, 1.82) is 0 Å². The van der Waals surface area contributed by atoms with Gasteiger partial charge in [-0.2, -0.15) is 0 Å². The van der Waals surface area contributed by atoms with Gasteiger partial charge in [-0.25, -0.2) is 0 Å². The molecular formula is C9H17NO2. The van der Waals surface area contributed by atoms with Crippen molar-refractivity contribution < 1.29 is 12.3 Å². The van der Waals surface area contributed by atoms with Gasteiger partial charge in [0.15, 0.2) is 5.78 Å². The van der Waals surface area contributed by atoms with E-state index in [0.29, 0.717) is 0 Å². The van der Waals surface area contributed by atoms with Crippen LogP contribution in [0.3, 0.4) is 0 Å². The summed E-state index contributed by atoms with van der Waals surface area (Å²) in [6.45, 7) is 4.23. The average Bonchev–Trinajstić information content (AvgIpc) is 2.01. The minimum Gasteiger partial charge on any atom is -0.349 e. The first kappa shape index (κ1) is 7.77. The molecule has 0 aliphatic carbocycles. The molecule has 0 saturated carbocycles. The Hall–Kier alpha value is -0.860. The van der Waals surface area contributed by atoms with E-state index in [0.717, 1.165) is 0 Å². The monoisotopic (exact) mass is 177 g/mol. The summed E-state index contributed by atoms with van der Waals surface area (Å²) in [6, 6.07) is 0. The smallest absolute Gasteiger partial charge is 0.222 e. The predicted molar refractivity (Wildman–Crippen MR) is 47.7 cm³/mol. The minimum absolute atomic E-state index is 0.329. The fourth-order valence-electron chi connectivity index (χ4n) is 0.412. The fraction of sp³-hybridized carbons (Fsp3) is 0.778. The van der Waals surface area contributed by atoms with E-state index < -0.39 is 24.1 Å². The van der Waals surface area contributed by atoms with Crippen LogP contribution in [-0.4, -0.2) is 18.2 Å². The third-order valence-electron chi connectivity index (χ3n) is 1.36. The third-order valence-corrected chi connectivity index (χ3v) is 1.36. The van der Waals surface area contributed by atoms with Gasteiger partial charge in [-0.15, -0.1) is 0 Å². The lowest BCUT2D eigenvalue weighted by atomic mass is 10.1. The molecule has 0 unspecified atom stereocenters. The maximum Gasteiger partial charge on any atom is 0.222 e. The zero-order valence-corrected chi connectivity index (χ0v) is 7.97. The molecule has 70 valence electrons. The van der Waals surface area contributed by atoms with Crippen LogP contribution in [0.25, 0.3) is 0 Å². The molecule has 0 heterocycles. The van der Waals surface area contributed by atoms with Crippen LogP contribution in [0.4, 0.5) is 0 Å². The van der Waals surface area contributed by atoms with E-state index in [2.05, 4.69) is 5.32 Å². The fourth-order valence-corrected chi connectivity index (χ4v) is 0.412. The highest BCUT2D eigenvalue weighted by molar-refractivity contribution is 5.87. The quantitative estimate of drug-likeness (QED) is 0.651. The molecule has 0 radical (unpaired) electrons. The normalized spacial score (nSPS) is 14.2. The number of carbonyl (C=O) groups is 2. The molecule has 0 bridgehead atoms. The number of amides is 1. The van der Waals surface area contributed by atoms with Gasteiger partial charge in [0.05, 0.1) is 9.24 Å². The van der Waals surface area contributed by atoms with Crippen LogP contribution in [0.1, 0.15) is 30.4 Å². The lowest BCUT2D eigenvalue weighted by Crippen LogP contribution is -2.34. The maximum absolute atomic E-state index is 11.3. The molecule has 0 aromatic rings. The Bertz CT molecular complexity index is 237. The maximum atomic E-state index is 11.3. The molecule has 12 heavy (non-hydrogen) atoms. The summed E-state index contributed by atoms with van der Waals surface area (Å²) in [4.78, 5) is 22.5. The lowest BCUT2D eigenvalue weighted by Gasteiger charge is -2.07. The Kier molecular flexibility index (Phi) is 3.18. The highest BCUT2D eigenvalue weighted by Gasteiger charge is 2.10. The highest BCUT2D eigenvalue weighted by atomic mass is 18.1. The van der Waals surface area contributed by atoms with E-state index >= 15 is 0 Å². The summed E-state index contributed by atoms with van der Waals surface area (Å²) in [5, 5.41) is 2.08. The summed E-state index contributed by atoms with van der Waals surface area (Å²) >= 11 is 0. The third kappa shape index (κ3) is 4.11. The summed E-state index contributed by atoms with van der Waals surface area (Å²) in [5.41, 5.74) is 0. The summed E-state index contributed by atoms with van der Waals surface area (Å²) < 4.78 is 14.7. The second kappa shape index (κ2) is 4.91. The Labute approximate surface area is 76.3 Å². The van der Waals surface area contributed by atoms with E-state index in [4.69, 9.17) is 2.74 Å². The van der Waals surface area contributed by atoms with Crippen molar-refractivity contribution in [2.45, 2.75) is 27.7 Å². The van der Waals surface area contributed by atoms with Crippen LogP contribution in [0.5, 0.6) is 0 Å². The molecular weight excluding hydrogens is 158 g/mol. The van der Waals surface area contributed by atoms with Gasteiger partial charge >= 0.3 is 0 Å². The van der Waals surface area contributed by atoms with Crippen molar-refractivity contribution in [3.8, 4) is 0 Å². The van der Waals surface area contributed by atoms with Gasteiger partial charge in [0.25, 0.3) is 0 Å². The Morgan fingerprint density at radius 1 is 1.25 bits per heavy atom. The molecule has 3 heteroatoms. The summed E-state index contributed by atoms with van der Waals surface area (Å²) in [5.74, 6) is -1.82. The second-order valence-corrected chi connectivity index (χ2v) is 3.29. The first-order chi connectivity index (χ1) is 6.18. The van der Waals surface area contributed by atoms with Gasteiger partial charge in [-0.1, -0.05) is 27.7 Å². The topological polar surface area (TPSA) is 46.2 Å². The molecule has 0 aliphatic rings. The van der Waals surface area contributed by atoms with Crippen molar-refractivity contribution in [3.63, 3.8) is 0 Å². The molecule has 1 N–H and O–H groups in total. The van der Waals surface area contributed by atoms with Gasteiger partial charge < -0.3 is 5.32 Å². The van der Waals surface area contributed by atoms with Crippen LogP contribution in [0, 0.1) is 11.8 Å². The molecule has 0 rings (SSSR count). The van der Waals surface area contributed by atoms with Gasteiger partial charge in [-0.05, 0) is 0 Å². The Morgan fingerprint density at radius 2 is 1.75 bits per heavy atom. The van der Waals surface area contributed by atoms with Crippen molar-refractivity contribution >= 4 is 11.7 Å². The van der Waals surface area contributed by atoms with E-state index in [1.165, 1.54) is 0 Å². The zero-order valence-electron chi connectivity index (χ0n) is 9.97. The van der Waals surface area contributed by atoms with E-state index in [1.54, 1.807) is 27.7 Å². The van der Waals surface area contributed by atoms with E-state index in [9.17, 15) is 9.59 Å². The molecule has 0 aromatic heterocycles. The van der Waals surface area contributed by atoms with Crippen molar-refractivity contribution in [2.24, 2.45) is 11.8 Å². The molecule has 1 amide bonds. The van der Waals surface area contributed by atoms with Crippen LogP contribution < -0.4 is 5.32 Å². The number of hydrogen-bond donors (Lipinski definition) is 1. The van der Waals surface area contributed by atoms with Crippen LogP contribution in [0.15, 0.2) is 0 Å². The second-order valence-electron chi connectivity index (χ2n) is 3.29. The van der Waals surface area contributed by atoms with Crippen LogP contribution in [-0.2, 0) is 9.59 Å². The number of nitrogens with one attached hydrogen (secondary N) is 1. The van der Waals surface area contributed by atoms with Crippen molar-refractivity contribution in [1.82, 2.24) is 5.32 Å². The van der Waals surface area contributed by atoms with Gasteiger partial charge in [0.1, 0.15) is 0 Å². The molecule has 3 nitrogen and oxygen atoms in total. The van der Waals surface area contributed by atoms with Gasteiger partial charge in [0, 0.05) is 11.8 Å². The first-order valence-corrected chi connectivity index (χ1v) is 4.04. The predicted octanol–water partition coefficient (Wildman–Crippen LogP) is 0.984. The number of rotatable bonds is 4. The highest BCUT2D eigenvalue weighted by Crippen LogP contribution is 1.94. The first-order valence-electron chi connectivity index (χ1n) is 5.04. The molecule has 0 atom stereocenters. The molecule has 0 spiro atoms.